The van der Waals surface area contributed by atoms with Crippen molar-refractivity contribution in [3.8, 4) is 16.2 Å². The summed E-state index contributed by atoms with van der Waals surface area (Å²) in [6, 6.07) is 8.74. The van der Waals surface area contributed by atoms with Gasteiger partial charge in [0.15, 0.2) is 0 Å². The fourth-order valence-electron chi connectivity index (χ4n) is 2.83. The molecule has 5 nitrogen and oxygen atoms in total. The van der Waals surface area contributed by atoms with Gasteiger partial charge in [0.05, 0.1) is 4.88 Å². The zero-order valence-electron chi connectivity index (χ0n) is 12.2. The Kier molecular flexibility index (Phi) is 3.34. The van der Waals surface area contributed by atoms with Crippen molar-refractivity contribution in [3.05, 3.63) is 40.8 Å². The number of fused-ring (bicyclic) bond motifs is 3. The van der Waals surface area contributed by atoms with Gasteiger partial charge >= 0.3 is 5.97 Å². The normalized spacial score (nSPS) is 16.7. The van der Waals surface area contributed by atoms with Crippen molar-refractivity contribution in [1.29, 1.82) is 0 Å². The number of aliphatic carboxylic acids is 1. The zero-order valence-corrected chi connectivity index (χ0v) is 13.1. The van der Waals surface area contributed by atoms with Crippen molar-refractivity contribution in [2.24, 2.45) is 5.92 Å². The molecule has 4 rings (SSSR count). The lowest BCUT2D eigenvalue weighted by atomic mass is 10.1. The molecule has 1 saturated carbocycles. The maximum Gasteiger partial charge on any atom is 0.326 e. The molecular weight excluding hydrogens is 314 g/mol. The van der Waals surface area contributed by atoms with Crippen LogP contribution >= 0.6 is 11.3 Å². The number of benzene rings is 1. The van der Waals surface area contributed by atoms with E-state index >= 15 is 0 Å². The highest BCUT2D eigenvalue weighted by Crippen LogP contribution is 2.42. The number of thiophene rings is 1. The van der Waals surface area contributed by atoms with Crippen molar-refractivity contribution in [2.75, 3.05) is 0 Å². The first-order valence-corrected chi connectivity index (χ1v) is 8.33. The molecule has 1 aromatic heterocycles. The van der Waals surface area contributed by atoms with E-state index in [2.05, 4.69) is 5.32 Å². The number of carboxylic acids is 1. The SMILES string of the molecule is O=C(NC(C(=O)O)C1CC1)c1cc2c(s1)-c1ccccc1OC2. The summed E-state index contributed by atoms with van der Waals surface area (Å²) in [5, 5.41) is 11.9. The number of hydrogen-bond donors (Lipinski definition) is 2. The van der Waals surface area contributed by atoms with Gasteiger partial charge in [0.2, 0.25) is 0 Å². The van der Waals surface area contributed by atoms with Crippen LogP contribution in [0.5, 0.6) is 5.75 Å². The number of ether oxygens (including phenoxy) is 1. The number of nitrogens with one attached hydrogen (secondary N) is 1. The molecule has 6 heteroatoms. The van der Waals surface area contributed by atoms with Gasteiger partial charge in [0.25, 0.3) is 5.91 Å². The summed E-state index contributed by atoms with van der Waals surface area (Å²) in [6.07, 6.45) is 1.72. The monoisotopic (exact) mass is 329 g/mol. The lowest BCUT2D eigenvalue weighted by Crippen LogP contribution is -2.42. The Morgan fingerprint density at radius 2 is 2.09 bits per heavy atom. The van der Waals surface area contributed by atoms with Crippen molar-refractivity contribution >= 4 is 23.2 Å². The van der Waals surface area contributed by atoms with E-state index in [-0.39, 0.29) is 11.8 Å². The lowest BCUT2D eigenvalue weighted by Gasteiger charge is -2.16. The topological polar surface area (TPSA) is 75.6 Å². The summed E-state index contributed by atoms with van der Waals surface area (Å²) in [5.74, 6) is -0.401. The van der Waals surface area contributed by atoms with Crippen LogP contribution in [-0.4, -0.2) is 23.0 Å². The van der Waals surface area contributed by atoms with E-state index in [1.807, 2.05) is 24.3 Å². The fourth-order valence-corrected chi connectivity index (χ4v) is 3.93. The van der Waals surface area contributed by atoms with E-state index in [1.165, 1.54) is 11.3 Å². The van der Waals surface area contributed by atoms with E-state index in [4.69, 9.17) is 4.74 Å². The molecule has 1 amide bonds. The van der Waals surface area contributed by atoms with Crippen LogP contribution in [0.2, 0.25) is 0 Å². The van der Waals surface area contributed by atoms with Gasteiger partial charge in [0.1, 0.15) is 18.4 Å². The fraction of sp³-hybridized carbons (Fsp3) is 0.294. The minimum atomic E-state index is -0.962. The number of carbonyl (C=O) groups excluding carboxylic acids is 1. The molecule has 0 spiro atoms. The molecule has 1 fully saturated rings. The van der Waals surface area contributed by atoms with Crippen molar-refractivity contribution in [2.45, 2.75) is 25.5 Å². The Morgan fingerprint density at radius 3 is 2.83 bits per heavy atom. The van der Waals surface area contributed by atoms with Crippen LogP contribution < -0.4 is 10.1 Å². The highest BCUT2D eigenvalue weighted by molar-refractivity contribution is 7.17. The third-order valence-corrected chi connectivity index (χ3v) is 5.40. The minimum Gasteiger partial charge on any atom is -0.488 e. The Balaban J connectivity index is 1.61. The number of rotatable bonds is 4. The first-order chi connectivity index (χ1) is 11.1. The van der Waals surface area contributed by atoms with Crippen LogP contribution in [0.3, 0.4) is 0 Å². The average Bonchev–Trinajstić information content (AvgIpc) is 3.28. The molecule has 2 aliphatic rings. The molecule has 1 aliphatic heterocycles. The quantitative estimate of drug-likeness (QED) is 0.904. The van der Waals surface area contributed by atoms with Crippen LogP contribution in [0, 0.1) is 5.92 Å². The third kappa shape index (κ3) is 2.59. The largest absolute Gasteiger partial charge is 0.488 e. The van der Waals surface area contributed by atoms with Crippen LogP contribution in [0.1, 0.15) is 28.1 Å². The molecule has 118 valence electrons. The zero-order chi connectivity index (χ0) is 16.0. The van der Waals surface area contributed by atoms with Gasteiger partial charge in [-0.1, -0.05) is 12.1 Å². The summed E-state index contributed by atoms with van der Waals surface area (Å²) < 4.78 is 5.69. The van der Waals surface area contributed by atoms with E-state index in [9.17, 15) is 14.7 Å². The van der Waals surface area contributed by atoms with Gasteiger partial charge in [-0.25, -0.2) is 4.79 Å². The van der Waals surface area contributed by atoms with Crippen LogP contribution in [0.4, 0.5) is 0 Å². The van der Waals surface area contributed by atoms with Gasteiger partial charge in [-0.3, -0.25) is 4.79 Å². The van der Waals surface area contributed by atoms with Gasteiger partial charge in [-0.05, 0) is 37.0 Å². The Morgan fingerprint density at radius 1 is 1.30 bits per heavy atom. The Bertz CT molecular complexity index is 794. The van der Waals surface area contributed by atoms with E-state index in [0.29, 0.717) is 11.5 Å². The van der Waals surface area contributed by atoms with E-state index in [0.717, 1.165) is 34.6 Å². The van der Waals surface area contributed by atoms with Crippen molar-refractivity contribution in [1.82, 2.24) is 5.32 Å². The summed E-state index contributed by atoms with van der Waals surface area (Å²) >= 11 is 1.39. The molecule has 1 aliphatic carbocycles. The molecule has 2 aromatic rings. The van der Waals surface area contributed by atoms with Crippen molar-refractivity contribution < 1.29 is 19.4 Å². The number of hydrogen-bond acceptors (Lipinski definition) is 4. The second kappa shape index (κ2) is 5.38. The summed E-state index contributed by atoms with van der Waals surface area (Å²) in [4.78, 5) is 25.2. The number of carboxylic acid groups (broad SMARTS) is 1. The molecule has 1 atom stereocenters. The van der Waals surface area contributed by atoms with Gasteiger partial charge in [-0.2, -0.15) is 0 Å². The first kappa shape index (κ1) is 14.3. The molecule has 2 N–H and O–H groups in total. The molecule has 0 saturated heterocycles. The molecule has 23 heavy (non-hydrogen) atoms. The van der Waals surface area contributed by atoms with Gasteiger partial charge in [-0.15, -0.1) is 11.3 Å². The molecule has 2 heterocycles. The lowest BCUT2D eigenvalue weighted by molar-refractivity contribution is -0.139. The number of para-hydroxylation sites is 1. The van der Waals surface area contributed by atoms with Crippen molar-refractivity contribution in [3.63, 3.8) is 0 Å². The Hall–Kier alpha value is -2.34. The number of carbonyl (C=O) groups is 2. The smallest absolute Gasteiger partial charge is 0.326 e. The summed E-state index contributed by atoms with van der Waals surface area (Å²) in [5.41, 5.74) is 1.95. The van der Waals surface area contributed by atoms with E-state index in [1.54, 1.807) is 6.07 Å². The maximum atomic E-state index is 12.4. The molecule has 1 aromatic carbocycles. The highest BCUT2D eigenvalue weighted by atomic mass is 32.1. The molecular formula is C17H15NO4S. The standard InChI is InChI=1S/C17H15NO4S/c19-16(18-14(17(20)21)9-5-6-9)13-7-10-8-22-12-4-2-1-3-11(12)15(10)23-13/h1-4,7,9,14H,5-6,8H2,(H,18,19)(H,20,21). The summed E-state index contributed by atoms with van der Waals surface area (Å²) in [6.45, 7) is 0.432. The third-order valence-electron chi connectivity index (χ3n) is 4.19. The van der Waals surface area contributed by atoms with Gasteiger partial charge in [0, 0.05) is 16.0 Å². The average molecular weight is 329 g/mol. The van der Waals surface area contributed by atoms with Crippen LogP contribution in [-0.2, 0) is 11.4 Å². The minimum absolute atomic E-state index is 0.0649. The maximum absolute atomic E-state index is 12.4. The molecule has 1 unspecified atom stereocenters. The van der Waals surface area contributed by atoms with Crippen LogP contribution in [0.25, 0.3) is 10.4 Å². The second-order valence-electron chi connectivity index (χ2n) is 5.88. The van der Waals surface area contributed by atoms with Crippen LogP contribution in [0.15, 0.2) is 30.3 Å². The predicted octanol–water partition coefficient (Wildman–Crippen LogP) is 2.90. The first-order valence-electron chi connectivity index (χ1n) is 7.52. The van der Waals surface area contributed by atoms with Gasteiger partial charge < -0.3 is 15.2 Å². The predicted molar refractivity (Wildman–Crippen MR) is 85.7 cm³/mol. The van der Waals surface area contributed by atoms with E-state index < -0.39 is 12.0 Å². The summed E-state index contributed by atoms with van der Waals surface area (Å²) in [7, 11) is 0. The molecule has 0 bridgehead atoms. The second-order valence-corrected chi connectivity index (χ2v) is 6.93. The Labute approximate surface area is 136 Å². The highest BCUT2D eigenvalue weighted by Gasteiger charge is 2.37. The number of amides is 1. The molecule has 0 radical (unpaired) electrons.